The van der Waals surface area contributed by atoms with Gasteiger partial charge in [-0.2, -0.15) is 0 Å². The van der Waals surface area contributed by atoms with Gasteiger partial charge in [-0.1, -0.05) is 30.3 Å². The van der Waals surface area contributed by atoms with Crippen LogP contribution in [0.2, 0.25) is 0 Å². The second-order valence-electron chi connectivity index (χ2n) is 6.36. The van der Waals surface area contributed by atoms with Gasteiger partial charge in [0.25, 0.3) is 5.91 Å². The number of hydrogen-bond acceptors (Lipinski definition) is 4. The van der Waals surface area contributed by atoms with Crippen LogP contribution in [0.25, 0.3) is 0 Å². The lowest BCUT2D eigenvalue weighted by Gasteiger charge is -2.12. The Morgan fingerprint density at radius 1 is 0.885 bits per heavy atom. The Kier molecular flexibility index (Phi) is 4.98. The van der Waals surface area contributed by atoms with E-state index in [2.05, 4.69) is 20.6 Å². The molecule has 0 saturated carbocycles. The van der Waals surface area contributed by atoms with Crippen LogP contribution in [0.5, 0.6) is 0 Å². The summed E-state index contributed by atoms with van der Waals surface area (Å²) in [6.07, 6.45) is 1.58. The molecular formula is C21H22N4O. The van der Waals surface area contributed by atoms with Gasteiger partial charge in [-0.15, -0.1) is 0 Å². The van der Waals surface area contributed by atoms with Gasteiger partial charge in [0.1, 0.15) is 5.69 Å². The minimum atomic E-state index is -0.259. The van der Waals surface area contributed by atoms with Crippen LogP contribution in [0.15, 0.2) is 48.7 Å². The molecule has 5 heteroatoms. The van der Waals surface area contributed by atoms with Crippen molar-refractivity contribution in [2.24, 2.45) is 0 Å². The summed E-state index contributed by atoms with van der Waals surface area (Å²) < 4.78 is 0. The van der Waals surface area contributed by atoms with Gasteiger partial charge in [0.15, 0.2) is 0 Å². The first-order chi connectivity index (χ1) is 12.5. The Morgan fingerprint density at radius 2 is 1.54 bits per heavy atom. The Bertz CT molecular complexity index is 946. The summed E-state index contributed by atoms with van der Waals surface area (Å²) in [7, 11) is 0. The van der Waals surface area contributed by atoms with Crippen molar-refractivity contribution in [3.63, 3.8) is 0 Å². The Hall–Kier alpha value is -3.21. The third kappa shape index (κ3) is 3.72. The molecule has 0 bridgehead atoms. The topological polar surface area (TPSA) is 66.9 Å². The molecule has 0 radical (unpaired) electrons. The Balaban J connectivity index is 1.83. The highest BCUT2D eigenvalue weighted by molar-refractivity contribution is 6.03. The zero-order valence-electron chi connectivity index (χ0n) is 15.4. The maximum Gasteiger partial charge on any atom is 0.274 e. The number of nitrogens with one attached hydrogen (secondary N) is 2. The van der Waals surface area contributed by atoms with E-state index in [9.17, 15) is 4.79 Å². The lowest BCUT2D eigenvalue weighted by atomic mass is 10.1. The fourth-order valence-electron chi connectivity index (χ4n) is 2.74. The number of aryl methyl sites for hydroxylation is 3. The number of hydrogen-bond donors (Lipinski definition) is 2. The van der Waals surface area contributed by atoms with Crippen LogP contribution in [-0.4, -0.2) is 15.9 Å². The molecule has 0 aliphatic carbocycles. The molecule has 2 N–H and O–H groups in total. The smallest absolute Gasteiger partial charge is 0.274 e. The number of carbonyl (C=O) groups is 1. The predicted molar refractivity (Wildman–Crippen MR) is 105 cm³/mol. The molecule has 1 heterocycles. The number of para-hydroxylation sites is 1. The highest BCUT2D eigenvalue weighted by atomic mass is 16.1. The second-order valence-corrected chi connectivity index (χ2v) is 6.36. The van der Waals surface area contributed by atoms with Crippen molar-refractivity contribution in [3.8, 4) is 0 Å². The van der Waals surface area contributed by atoms with Crippen molar-refractivity contribution in [3.05, 3.63) is 76.6 Å². The fourth-order valence-corrected chi connectivity index (χ4v) is 2.74. The standard InChI is InChI=1S/C21H22N4O/c1-13-7-6-10-17(16(13)4)23-20(26)18-11-12-22-21(24-18)25-19-14(2)8-5-9-15(19)3/h5-12H,1-4H3,(H,23,26)(H,22,24,25). The molecule has 2 aromatic carbocycles. The summed E-state index contributed by atoms with van der Waals surface area (Å²) in [5.74, 6) is 0.140. The van der Waals surface area contributed by atoms with E-state index in [-0.39, 0.29) is 5.91 Å². The van der Waals surface area contributed by atoms with E-state index in [0.29, 0.717) is 11.6 Å². The summed E-state index contributed by atoms with van der Waals surface area (Å²) in [4.78, 5) is 21.2. The Labute approximate surface area is 153 Å². The van der Waals surface area contributed by atoms with Crippen LogP contribution >= 0.6 is 0 Å². The molecule has 3 rings (SSSR count). The Morgan fingerprint density at radius 3 is 2.27 bits per heavy atom. The summed E-state index contributed by atoms with van der Waals surface area (Å²) in [6, 6.07) is 13.5. The monoisotopic (exact) mass is 346 g/mol. The first kappa shape index (κ1) is 17.6. The molecule has 1 aromatic heterocycles. The van der Waals surface area contributed by atoms with Crippen molar-refractivity contribution in [1.29, 1.82) is 0 Å². The second kappa shape index (κ2) is 7.35. The fraction of sp³-hybridized carbons (Fsp3) is 0.190. The van der Waals surface area contributed by atoms with Crippen LogP contribution in [0, 0.1) is 27.7 Å². The minimum absolute atomic E-state index is 0.259. The highest BCUT2D eigenvalue weighted by Gasteiger charge is 2.12. The third-order valence-electron chi connectivity index (χ3n) is 4.46. The first-order valence-corrected chi connectivity index (χ1v) is 8.49. The highest BCUT2D eigenvalue weighted by Crippen LogP contribution is 2.23. The van der Waals surface area contributed by atoms with Gasteiger partial charge in [0, 0.05) is 17.6 Å². The summed E-state index contributed by atoms with van der Waals surface area (Å²) in [6.45, 7) is 8.04. The van der Waals surface area contributed by atoms with E-state index < -0.39 is 0 Å². The van der Waals surface area contributed by atoms with E-state index >= 15 is 0 Å². The van der Waals surface area contributed by atoms with Crippen LogP contribution in [-0.2, 0) is 0 Å². The van der Waals surface area contributed by atoms with Gasteiger partial charge in [0.2, 0.25) is 5.95 Å². The zero-order valence-corrected chi connectivity index (χ0v) is 15.4. The SMILES string of the molecule is Cc1cccc(NC(=O)c2ccnc(Nc3c(C)cccc3C)n2)c1C. The summed E-state index contributed by atoms with van der Waals surface area (Å²) in [5.41, 5.74) is 6.43. The van der Waals surface area contributed by atoms with Gasteiger partial charge in [-0.25, -0.2) is 9.97 Å². The number of benzene rings is 2. The molecular weight excluding hydrogens is 324 g/mol. The van der Waals surface area contributed by atoms with Crippen molar-refractivity contribution < 1.29 is 4.79 Å². The molecule has 0 aliphatic heterocycles. The number of nitrogens with zero attached hydrogens (tertiary/aromatic N) is 2. The van der Waals surface area contributed by atoms with Crippen LogP contribution < -0.4 is 10.6 Å². The van der Waals surface area contributed by atoms with E-state index in [1.807, 2.05) is 64.1 Å². The summed E-state index contributed by atoms with van der Waals surface area (Å²) in [5, 5.41) is 6.14. The van der Waals surface area contributed by atoms with E-state index in [1.165, 1.54) is 0 Å². The van der Waals surface area contributed by atoms with Crippen LogP contribution in [0.3, 0.4) is 0 Å². The number of anilines is 3. The van der Waals surface area contributed by atoms with Gasteiger partial charge in [-0.05, 0) is 62.1 Å². The first-order valence-electron chi connectivity index (χ1n) is 8.49. The number of carbonyl (C=O) groups excluding carboxylic acids is 1. The molecule has 0 aliphatic rings. The normalized spacial score (nSPS) is 10.5. The average Bonchev–Trinajstić information content (AvgIpc) is 2.62. The lowest BCUT2D eigenvalue weighted by molar-refractivity contribution is 0.102. The molecule has 0 fully saturated rings. The molecule has 0 atom stereocenters. The van der Waals surface area contributed by atoms with Gasteiger partial charge >= 0.3 is 0 Å². The zero-order chi connectivity index (χ0) is 18.7. The largest absolute Gasteiger partial charge is 0.324 e. The van der Waals surface area contributed by atoms with Gasteiger partial charge in [-0.3, -0.25) is 4.79 Å². The maximum absolute atomic E-state index is 12.6. The molecule has 0 saturated heterocycles. The number of amides is 1. The predicted octanol–water partition coefficient (Wildman–Crippen LogP) is 4.71. The quantitative estimate of drug-likeness (QED) is 0.718. The molecule has 3 aromatic rings. The van der Waals surface area contributed by atoms with Gasteiger partial charge < -0.3 is 10.6 Å². The molecule has 5 nitrogen and oxygen atoms in total. The van der Waals surface area contributed by atoms with Crippen LogP contribution in [0.4, 0.5) is 17.3 Å². The molecule has 1 amide bonds. The van der Waals surface area contributed by atoms with Gasteiger partial charge in [0.05, 0.1) is 0 Å². The van der Waals surface area contributed by atoms with Crippen molar-refractivity contribution in [1.82, 2.24) is 9.97 Å². The van der Waals surface area contributed by atoms with Crippen molar-refractivity contribution >= 4 is 23.2 Å². The third-order valence-corrected chi connectivity index (χ3v) is 4.46. The van der Waals surface area contributed by atoms with Crippen molar-refractivity contribution in [2.45, 2.75) is 27.7 Å². The maximum atomic E-state index is 12.6. The lowest BCUT2D eigenvalue weighted by Crippen LogP contribution is -2.15. The minimum Gasteiger partial charge on any atom is -0.324 e. The van der Waals surface area contributed by atoms with Crippen LogP contribution in [0.1, 0.15) is 32.7 Å². The summed E-state index contributed by atoms with van der Waals surface area (Å²) >= 11 is 0. The molecule has 0 unspecified atom stereocenters. The molecule has 132 valence electrons. The molecule has 0 spiro atoms. The number of aromatic nitrogens is 2. The average molecular weight is 346 g/mol. The number of rotatable bonds is 4. The van der Waals surface area contributed by atoms with E-state index in [4.69, 9.17) is 0 Å². The van der Waals surface area contributed by atoms with E-state index in [1.54, 1.807) is 12.3 Å². The van der Waals surface area contributed by atoms with E-state index in [0.717, 1.165) is 33.6 Å². The van der Waals surface area contributed by atoms with Crippen molar-refractivity contribution in [2.75, 3.05) is 10.6 Å². The molecule has 26 heavy (non-hydrogen) atoms.